The van der Waals surface area contributed by atoms with Crippen molar-refractivity contribution in [3.63, 3.8) is 0 Å². The molecule has 15 heavy (non-hydrogen) atoms. The van der Waals surface area contributed by atoms with Crippen LogP contribution in [0.3, 0.4) is 0 Å². The molecule has 0 unspecified atom stereocenters. The Morgan fingerprint density at radius 2 is 2.07 bits per heavy atom. The van der Waals surface area contributed by atoms with Gasteiger partial charge in [0.05, 0.1) is 12.0 Å². The summed E-state index contributed by atoms with van der Waals surface area (Å²) < 4.78 is 0. The third-order valence-corrected chi connectivity index (χ3v) is 2.26. The largest absolute Gasteiger partial charge is 0.305 e. The van der Waals surface area contributed by atoms with Crippen LogP contribution in [0.25, 0.3) is 0 Å². The van der Waals surface area contributed by atoms with Gasteiger partial charge < -0.3 is 4.84 Å². The van der Waals surface area contributed by atoms with Crippen molar-refractivity contribution in [1.82, 2.24) is 5.48 Å². The van der Waals surface area contributed by atoms with E-state index in [-0.39, 0.29) is 10.6 Å². The van der Waals surface area contributed by atoms with Crippen LogP contribution < -0.4 is 5.48 Å². The second kappa shape index (κ2) is 4.86. The normalized spacial score (nSPS) is 10.3. The van der Waals surface area contributed by atoms with Gasteiger partial charge in [0.15, 0.2) is 0 Å². The monoisotopic (exact) mass is 210 g/mol. The molecule has 0 aromatic heterocycles. The number of aryl methyl sites for hydroxylation is 2. The van der Waals surface area contributed by atoms with Crippen molar-refractivity contribution in [3.8, 4) is 0 Å². The fourth-order valence-electron chi connectivity index (χ4n) is 1.40. The summed E-state index contributed by atoms with van der Waals surface area (Å²) in [6.07, 6.45) is 0. The van der Waals surface area contributed by atoms with E-state index in [2.05, 4.69) is 5.48 Å². The van der Waals surface area contributed by atoms with Crippen LogP contribution in [0, 0.1) is 24.0 Å². The zero-order valence-corrected chi connectivity index (χ0v) is 9.03. The molecule has 0 atom stereocenters. The van der Waals surface area contributed by atoms with Gasteiger partial charge in [-0.2, -0.15) is 5.48 Å². The number of nitrogens with zero attached hydrogens (tertiary/aromatic N) is 1. The Morgan fingerprint density at radius 1 is 1.40 bits per heavy atom. The van der Waals surface area contributed by atoms with Gasteiger partial charge in [-0.05, 0) is 31.0 Å². The van der Waals surface area contributed by atoms with E-state index in [1.165, 1.54) is 7.11 Å². The number of nitro groups is 1. The first-order chi connectivity index (χ1) is 7.06. The lowest BCUT2D eigenvalue weighted by Crippen LogP contribution is -2.12. The lowest BCUT2D eigenvalue weighted by Gasteiger charge is -2.07. The Morgan fingerprint density at radius 3 is 2.60 bits per heavy atom. The van der Waals surface area contributed by atoms with Gasteiger partial charge in [-0.1, -0.05) is 0 Å². The predicted molar refractivity (Wildman–Crippen MR) is 56.4 cm³/mol. The number of hydrogen-bond acceptors (Lipinski definition) is 4. The number of hydroxylamine groups is 1. The first kappa shape index (κ1) is 11.6. The Labute approximate surface area is 88.2 Å². The summed E-state index contributed by atoms with van der Waals surface area (Å²) in [5.74, 6) is 0. The maximum Gasteiger partial charge on any atom is 0.272 e. The van der Waals surface area contributed by atoms with Crippen molar-refractivity contribution in [1.29, 1.82) is 0 Å². The van der Waals surface area contributed by atoms with E-state index in [1.54, 1.807) is 19.1 Å². The van der Waals surface area contributed by atoms with Crippen LogP contribution in [0.4, 0.5) is 5.69 Å². The molecule has 0 saturated carbocycles. The number of rotatable bonds is 4. The van der Waals surface area contributed by atoms with Crippen LogP contribution in [0.15, 0.2) is 12.1 Å². The van der Waals surface area contributed by atoms with Gasteiger partial charge >= 0.3 is 0 Å². The molecule has 0 bridgehead atoms. The Kier molecular flexibility index (Phi) is 3.76. The van der Waals surface area contributed by atoms with Crippen LogP contribution >= 0.6 is 0 Å². The Hall–Kier alpha value is -1.46. The van der Waals surface area contributed by atoms with Crippen LogP contribution in [-0.2, 0) is 11.4 Å². The maximum atomic E-state index is 10.7. The zero-order chi connectivity index (χ0) is 11.4. The molecule has 0 fully saturated rings. The SMILES string of the molecule is CONCc1cc(C)c([N+](=O)[O-])cc1C. The van der Waals surface area contributed by atoms with Crippen molar-refractivity contribution in [2.24, 2.45) is 0 Å². The highest BCUT2D eigenvalue weighted by molar-refractivity contribution is 5.46. The van der Waals surface area contributed by atoms with Crippen LogP contribution in [0.5, 0.6) is 0 Å². The van der Waals surface area contributed by atoms with E-state index in [4.69, 9.17) is 4.84 Å². The lowest BCUT2D eigenvalue weighted by atomic mass is 10.0. The van der Waals surface area contributed by atoms with Gasteiger partial charge in [0.25, 0.3) is 5.69 Å². The molecule has 0 aliphatic rings. The van der Waals surface area contributed by atoms with E-state index in [0.717, 1.165) is 11.1 Å². The number of benzene rings is 1. The van der Waals surface area contributed by atoms with E-state index in [1.807, 2.05) is 6.92 Å². The Balaban J connectivity index is 3.02. The highest BCUT2D eigenvalue weighted by Crippen LogP contribution is 2.22. The van der Waals surface area contributed by atoms with Gasteiger partial charge in [-0.15, -0.1) is 0 Å². The molecule has 0 saturated heterocycles. The summed E-state index contributed by atoms with van der Waals surface area (Å²) in [6.45, 7) is 4.12. The second-order valence-electron chi connectivity index (χ2n) is 3.35. The minimum absolute atomic E-state index is 0.161. The van der Waals surface area contributed by atoms with Gasteiger partial charge in [0, 0.05) is 18.2 Å². The second-order valence-corrected chi connectivity index (χ2v) is 3.35. The average molecular weight is 210 g/mol. The molecule has 5 nitrogen and oxygen atoms in total. The molecule has 82 valence electrons. The van der Waals surface area contributed by atoms with Gasteiger partial charge in [0.2, 0.25) is 0 Å². The minimum atomic E-state index is -0.365. The average Bonchev–Trinajstić information content (AvgIpc) is 2.18. The number of nitrogens with one attached hydrogen (secondary N) is 1. The van der Waals surface area contributed by atoms with E-state index < -0.39 is 0 Å². The first-order valence-electron chi connectivity index (χ1n) is 4.56. The topological polar surface area (TPSA) is 64.4 Å². The predicted octanol–water partition coefficient (Wildman–Crippen LogP) is 1.86. The van der Waals surface area contributed by atoms with Crippen molar-refractivity contribution in [3.05, 3.63) is 38.9 Å². The lowest BCUT2D eigenvalue weighted by molar-refractivity contribution is -0.385. The summed E-state index contributed by atoms with van der Waals surface area (Å²) in [4.78, 5) is 15.0. The van der Waals surface area contributed by atoms with Gasteiger partial charge in [-0.3, -0.25) is 10.1 Å². The molecule has 1 aromatic carbocycles. The summed E-state index contributed by atoms with van der Waals surface area (Å²) in [6, 6.07) is 3.39. The Bertz CT molecular complexity index is 377. The number of nitro benzene ring substituents is 1. The van der Waals surface area contributed by atoms with E-state index >= 15 is 0 Å². The molecule has 0 aliphatic heterocycles. The van der Waals surface area contributed by atoms with Gasteiger partial charge in [0.1, 0.15) is 0 Å². The summed E-state index contributed by atoms with van der Waals surface area (Å²) in [5, 5.41) is 10.7. The van der Waals surface area contributed by atoms with Crippen molar-refractivity contribution < 1.29 is 9.76 Å². The molecule has 5 heteroatoms. The minimum Gasteiger partial charge on any atom is -0.305 e. The van der Waals surface area contributed by atoms with Crippen LogP contribution in [0.1, 0.15) is 16.7 Å². The fourth-order valence-corrected chi connectivity index (χ4v) is 1.40. The molecule has 1 N–H and O–H groups in total. The van der Waals surface area contributed by atoms with E-state index in [9.17, 15) is 10.1 Å². The molecule has 0 amide bonds. The summed E-state index contributed by atoms with van der Waals surface area (Å²) in [5.41, 5.74) is 5.42. The summed E-state index contributed by atoms with van der Waals surface area (Å²) in [7, 11) is 1.54. The highest BCUT2D eigenvalue weighted by Gasteiger charge is 2.12. The molecular weight excluding hydrogens is 196 g/mol. The van der Waals surface area contributed by atoms with Crippen LogP contribution in [-0.4, -0.2) is 12.0 Å². The maximum absolute atomic E-state index is 10.7. The molecule has 0 aliphatic carbocycles. The first-order valence-corrected chi connectivity index (χ1v) is 4.56. The molecule has 0 spiro atoms. The third-order valence-electron chi connectivity index (χ3n) is 2.26. The molecular formula is C10H14N2O3. The highest BCUT2D eigenvalue weighted by atomic mass is 16.6. The van der Waals surface area contributed by atoms with Gasteiger partial charge in [-0.25, -0.2) is 0 Å². The molecule has 1 aromatic rings. The smallest absolute Gasteiger partial charge is 0.272 e. The van der Waals surface area contributed by atoms with Crippen LogP contribution in [0.2, 0.25) is 0 Å². The molecule has 0 radical (unpaired) electrons. The zero-order valence-electron chi connectivity index (χ0n) is 9.03. The third kappa shape index (κ3) is 2.74. The van der Waals surface area contributed by atoms with Crippen molar-refractivity contribution in [2.45, 2.75) is 20.4 Å². The number of hydrogen-bond donors (Lipinski definition) is 1. The van der Waals surface area contributed by atoms with Crippen molar-refractivity contribution in [2.75, 3.05) is 7.11 Å². The standard InChI is InChI=1S/C10H14N2O3/c1-7-5-10(12(13)14)8(2)4-9(7)6-11-15-3/h4-5,11H,6H2,1-3H3. The quantitative estimate of drug-likeness (QED) is 0.608. The molecule has 1 rings (SSSR count). The van der Waals surface area contributed by atoms with E-state index in [0.29, 0.717) is 12.1 Å². The molecule has 0 heterocycles. The van der Waals surface area contributed by atoms with Crippen molar-refractivity contribution >= 4 is 5.69 Å². The fraction of sp³-hybridized carbons (Fsp3) is 0.400. The summed E-state index contributed by atoms with van der Waals surface area (Å²) >= 11 is 0.